The van der Waals surface area contributed by atoms with Gasteiger partial charge in [-0.1, -0.05) is 33.1 Å². The van der Waals surface area contributed by atoms with Crippen molar-refractivity contribution in [2.24, 2.45) is 0 Å². The molecule has 0 atom stereocenters. The SMILES string of the molecule is CNc1nc(C2CCCCC2)nc(C(C)C)c1I. The van der Waals surface area contributed by atoms with Crippen LogP contribution in [0.4, 0.5) is 5.82 Å². The van der Waals surface area contributed by atoms with Gasteiger partial charge in [0.05, 0.1) is 9.26 Å². The summed E-state index contributed by atoms with van der Waals surface area (Å²) in [5, 5.41) is 3.21. The van der Waals surface area contributed by atoms with Crippen LogP contribution in [0.25, 0.3) is 0 Å². The summed E-state index contributed by atoms with van der Waals surface area (Å²) < 4.78 is 1.17. The Hall–Kier alpha value is -0.390. The molecule has 3 nitrogen and oxygen atoms in total. The maximum atomic E-state index is 4.85. The minimum absolute atomic E-state index is 0.453. The molecule has 0 aliphatic heterocycles. The molecule has 0 saturated heterocycles. The standard InChI is InChI=1S/C14H22IN3/c1-9(2)12-11(15)14(16-3)18-13(17-12)10-7-5-4-6-8-10/h9-10H,4-8H2,1-3H3,(H,16,17,18). The summed E-state index contributed by atoms with van der Waals surface area (Å²) in [7, 11) is 1.94. The molecule has 1 aromatic rings. The first-order valence-corrected chi connectivity index (χ1v) is 7.96. The minimum Gasteiger partial charge on any atom is -0.372 e. The van der Waals surface area contributed by atoms with Crippen molar-refractivity contribution in [3.8, 4) is 0 Å². The van der Waals surface area contributed by atoms with Crippen LogP contribution in [0.5, 0.6) is 0 Å². The second-order valence-corrected chi connectivity index (χ2v) is 6.45. The molecule has 0 bridgehead atoms. The first kappa shape index (κ1) is 14.0. The van der Waals surface area contributed by atoms with E-state index in [0.29, 0.717) is 11.8 Å². The molecule has 1 saturated carbocycles. The molecule has 1 aromatic heterocycles. The minimum atomic E-state index is 0.453. The molecule has 1 heterocycles. The highest BCUT2D eigenvalue weighted by Crippen LogP contribution is 2.33. The average Bonchev–Trinajstić information content (AvgIpc) is 2.39. The van der Waals surface area contributed by atoms with Crippen molar-refractivity contribution >= 4 is 28.4 Å². The Morgan fingerprint density at radius 3 is 2.39 bits per heavy atom. The van der Waals surface area contributed by atoms with Gasteiger partial charge in [0.1, 0.15) is 11.6 Å². The molecule has 1 fully saturated rings. The van der Waals surface area contributed by atoms with Gasteiger partial charge in [-0.15, -0.1) is 0 Å². The summed E-state index contributed by atoms with van der Waals surface area (Å²) >= 11 is 2.36. The van der Waals surface area contributed by atoms with E-state index in [9.17, 15) is 0 Å². The number of nitrogens with one attached hydrogen (secondary N) is 1. The highest BCUT2D eigenvalue weighted by Gasteiger charge is 2.22. The van der Waals surface area contributed by atoms with Crippen LogP contribution in [0.2, 0.25) is 0 Å². The molecule has 100 valence electrons. The Bertz CT molecular complexity index is 412. The maximum Gasteiger partial charge on any atom is 0.143 e. The first-order chi connectivity index (χ1) is 8.63. The normalized spacial score (nSPS) is 17.2. The van der Waals surface area contributed by atoms with Gasteiger partial charge in [-0.3, -0.25) is 0 Å². The Kier molecular flexibility index (Phi) is 4.81. The Labute approximate surface area is 123 Å². The fraction of sp³-hybridized carbons (Fsp3) is 0.714. The van der Waals surface area contributed by atoms with Crippen LogP contribution < -0.4 is 5.32 Å². The predicted molar refractivity (Wildman–Crippen MR) is 84.2 cm³/mol. The van der Waals surface area contributed by atoms with Crippen molar-refractivity contribution in [2.45, 2.75) is 57.8 Å². The van der Waals surface area contributed by atoms with E-state index in [1.165, 1.54) is 41.4 Å². The number of hydrogen-bond donors (Lipinski definition) is 1. The van der Waals surface area contributed by atoms with Crippen molar-refractivity contribution in [1.82, 2.24) is 9.97 Å². The van der Waals surface area contributed by atoms with E-state index in [-0.39, 0.29) is 0 Å². The largest absolute Gasteiger partial charge is 0.372 e. The molecule has 18 heavy (non-hydrogen) atoms. The van der Waals surface area contributed by atoms with Gasteiger partial charge >= 0.3 is 0 Å². The zero-order chi connectivity index (χ0) is 13.1. The van der Waals surface area contributed by atoms with E-state index >= 15 is 0 Å². The van der Waals surface area contributed by atoms with Crippen LogP contribution >= 0.6 is 22.6 Å². The van der Waals surface area contributed by atoms with Crippen molar-refractivity contribution in [3.63, 3.8) is 0 Å². The van der Waals surface area contributed by atoms with Gasteiger partial charge in [0.2, 0.25) is 0 Å². The quantitative estimate of drug-likeness (QED) is 0.818. The topological polar surface area (TPSA) is 37.8 Å². The van der Waals surface area contributed by atoms with Crippen LogP contribution in [0.1, 0.15) is 69.3 Å². The van der Waals surface area contributed by atoms with E-state index < -0.39 is 0 Å². The lowest BCUT2D eigenvalue weighted by Crippen LogP contribution is -2.14. The highest BCUT2D eigenvalue weighted by atomic mass is 127. The lowest BCUT2D eigenvalue weighted by atomic mass is 9.88. The Morgan fingerprint density at radius 2 is 1.83 bits per heavy atom. The van der Waals surface area contributed by atoms with Gasteiger partial charge in [0.15, 0.2) is 0 Å². The van der Waals surface area contributed by atoms with Crippen molar-refractivity contribution in [2.75, 3.05) is 12.4 Å². The van der Waals surface area contributed by atoms with Gasteiger partial charge in [0, 0.05) is 13.0 Å². The number of nitrogens with zero attached hydrogens (tertiary/aromatic N) is 2. The monoisotopic (exact) mass is 359 g/mol. The highest BCUT2D eigenvalue weighted by molar-refractivity contribution is 14.1. The smallest absolute Gasteiger partial charge is 0.143 e. The van der Waals surface area contributed by atoms with Crippen LogP contribution in [-0.2, 0) is 0 Å². The fourth-order valence-corrected chi connectivity index (χ4v) is 3.71. The Morgan fingerprint density at radius 1 is 1.17 bits per heavy atom. The molecular weight excluding hydrogens is 337 g/mol. The van der Waals surface area contributed by atoms with E-state index in [2.05, 4.69) is 41.8 Å². The summed E-state index contributed by atoms with van der Waals surface area (Å²) in [4.78, 5) is 9.57. The number of anilines is 1. The molecule has 0 spiro atoms. The third kappa shape index (κ3) is 2.95. The van der Waals surface area contributed by atoms with E-state index in [0.717, 1.165) is 11.6 Å². The van der Waals surface area contributed by atoms with E-state index in [4.69, 9.17) is 9.97 Å². The third-order valence-electron chi connectivity index (χ3n) is 3.65. The van der Waals surface area contributed by atoms with Gasteiger partial charge in [-0.25, -0.2) is 9.97 Å². The summed E-state index contributed by atoms with van der Waals surface area (Å²) in [6.45, 7) is 4.41. The molecule has 2 rings (SSSR count). The van der Waals surface area contributed by atoms with Crippen LogP contribution in [0.15, 0.2) is 0 Å². The predicted octanol–water partition coefficient (Wildman–Crippen LogP) is 4.29. The molecule has 4 heteroatoms. The molecular formula is C14H22IN3. The van der Waals surface area contributed by atoms with Gasteiger partial charge in [-0.2, -0.15) is 0 Å². The molecule has 1 N–H and O–H groups in total. The number of aromatic nitrogens is 2. The average molecular weight is 359 g/mol. The van der Waals surface area contributed by atoms with Crippen molar-refractivity contribution in [3.05, 3.63) is 15.1 Å². The summed E-state index contributed by atoms with van der Waals surface area (Å²) in [6.07, 6.45) is 6.52. The molecule has 0 amide bonds. The second kappa shape index (κ2) is 6.17. The molecule has 1 aliphatic rings. The molecule has 0 radical (unpaired) electrons. The maximum absolute atomic E-state index is 4.85. The Balaban J connectivity index is 2.37. The lowest BCUT2D eigenvalue weighted by Gasteiger charge is -2.22. The van der Waals surface area contributed by atoms with Gasteiger partial charge in [-0.05, 0) is 41.4 Å². The second-order valence-electron chi connectivity index (χ2n) is 5.37. The number of halogens is 1. The summed E-state index contributed by atoms with van der Waals surface area (Å²) in [6, 6.07) is 0. The summed E-state index contributed by atoms with van der Waals surface area (Å²) in [5.74, 6) is 3.08. The van der Waals surface area contributed by atoms with Gasteiger partial charge < -0.3 is 5.32 Å². The number of hydrogen-bond acceptors (Lipinski definition) is 3. The lowest BCUT2D eigenvalue weighted by molar-refractivity contribution is 0.427. The number of rotatable bonds is 3. The van der Waals surface area contributed by atoms with Gasteiger partial charge in [0.25, 0.3) is 0 Å². The van der Waals surface area contributed by atoms with Crippen LogP contribution in [0, 0.1) is 3.57 Å². The van der Waals surface area contributed by atoms with Crippen molar-refractivity contribution < 1.29 is 0 Å². The van der Waals surface area contributed by atoms with Crippen LogP contribution in [-0.4, -0.2) is 17.0 Å². The molecule has 0 aromatic carbocycles. The fourth-order valence-electron chi connectivity index (χ4n) is 2.57. The zero-order valence-electron chi connectivity index (χ0n) is 11.5. The molecule has 0 unspecified atom stereocenters. The summed E-state index contributed by atoms with van der Waals surface area (Å²) in [5.41, 5.74) is 1.19. The third-order valence-corrected chi connectivity index (χ3v) is 4.71. The first-order valence-electron chi connectivity index (χ1n) is 6.88. The molecule has 1 aliphatic carbocycles. The van der Waals surface area contributed by atoms with E-state index in [1.807, 2.05) is 7.05 Å². The van der Waals surface area contributed by atoms with E-state index in [1.54, 1.807) is 0 Å². The van der Waals surface area contributed by atoms with Crippen LogP contribution in [0.3, 0.4) is 0 Å². The zero-order valence-corrected chi connectivity index (χ0v) is 13.6. The van der Waals surface area contributed by atoms with Crippen molar-refractivity contribution in [1.29, 1.82) is 0 Å².